The van der Waals surface area contributed by atoms with Crippen LogP contribution in [0.4, 0.5) is 4.39 Å². The van der Waals surface area contributed by atoms with Gasteiger partial charge in [-0.1, -0.05) is 47.8 Å². The lowest BCUT2D eigenvalue weighted by molar-refractivity contribution is 0.169. The Balaban J connectivity index is 1.49. The van der Waals surface area contributed by atoms with E-state index in [4.69, 9.17) is 21.1 Å². The molecule has 5 rings (SSSR count). The van der Waals surface area contributed by atoms with Crippen LogP contribution in [0.3, 0.4) is 0 Å². The van der Waals surface area contributed by atoms with Crippen LogP contribution in [0.1, 0.15) is 55.5 Å². The molecule has 2 heterocycles. The van der Waals surface area contributed by atoms with Gasteiger partial charge in [0.2, 0.25) is 0 Å². The average Bonchev–Trinajstić information content (AvgIpc) is 3.35. The van der Waals surface area contributed by atoms with Crippen LogP contribution in [0.2, 0.25) is 5.02 Å². The Labute approximate surface area is 241 Å². The number of aromatic hydroxyl groups is 1. The number of rotatable bonds is 8. The summed E-state index contributed by atoms with van der Waals surface area (Å²) in [5.41, 5.74) is 3.92. The Hall–Kier alpha value is -2.91. The van der Waals surface area contributed by atoms with Crippen molar-refractivity contribution in [1.29, 1.82) is 0 Å². The number of ether oxygens (including phenoxy) is 2. The summed E-state index contributed by atoms with van der Waals surface area (Å²) in [5.74, 6) is 0.218. The maximum atomic E-state index is 14.3. The molecule has 0 bridgehead atoms. The van der Waals surface area contributed by atoms with Crippen molar-refractivity contribution in [1.82, 2.24) is 4.90 Å². The van der Waals surface area contributed by atoms with Crippen LogP contribution >= 0.6 is 11.6 Å². The molecule has 1 fully saturated rings. The highest BCUT2D eigenvalue weighted by molar-refractivity contribution is 7.78. The second kappa shape index (κ2) is 11.9. The Kier molecular flexibility index (Phi) is 8.52. The number of benzene rings is 3. The molecule has 2 aliphatic rings. The van der Waals surface area contributed by atoms with E-state index < -0.39 is 28.8 Å². The Morgan fingerprint density at radius 1 is 1.20 bits per heavy atom. The number of phenols is 1. The Bertz CT molecular complexity index is 1460. The topological polar surface area (TPSA) is 82.1 Å². The molecule has 40 heavy (non-hydrogen) atoms. The van der Waals surface area contributed by atoms with Crippen molar-refractivity contribution in [3.63, 3.8) is 0 Å². The van der Waals surface area contributed by atoms with Gasteiger partial charge in [-0.2, -0.15) is 0 Å². The van der Waals surface area contributed by atoms with Crippen molar-refractivity contribution in [2.75, 3.05) is 19.7 Å². The van der Waals surface area contributed by atoms with Crippen LogP contribution in [-0.2, 0) is 16.8 Å². The van der Waals surface area contributed by atoms with Gasteiger partial charge in [0, 0.05) is 40.6 Å². The smallest absolute Gasteiger partial charge is 0.168 e. The minimum absolute atomic E-state index is 0.234. The number of hydrogen-bond acceptors (Lipinski definition) is 6. The molecule has 0 aliphatic carbocycles. The lowest BCUT2D eigenvalue weighted by atomic mass is 9.84. The van der Waals surface area contributed by atoms with Crippen LogP contribution in [0, 0.1) is 11.7 Å². The van der Waals surface area contributed by atoms with Crippen molar-refractivity contribution in [3.05, 3.63) is 87.7 Å². The Morgan fingerprint density at radius 3 is 2.62 bits per heavy atom. The summed E-state index contributed by atoms with van der Waals surface area (Å²) in [6.45, 7) is 9.05. The molecule has 2 unspecified atom stereocenters. The van der Waals surface area contributed by atoms with Gasteiger partial charge in [0.25, 0.3) is 0 Å². The first-order valence-electron chi connectivity index (χ1n) is 13.3. The highest BCUT2D eigenvalue weighted by Gasteiger charge is 2.32. The number of likely N-dealkylation sites (tertiary alicyclic amines) is 1. The molecule has 0 saturated carbocycles. The second-order valence-corrected chi connectivity index (χ2v) is 12.0. The number of fused-ring (bicyclic) bond motifs is 1. The number of nitrogens with zero attached hydrogens (tertiary/aromatic N) is 1. The number of allylic oxidation sites excluding steroid dienone is 1. The average molecular weight is 585 g/mol. The molecular formula is C31H32ClFNO5S-. The van der Waals surface area contributed by atoms with Crippen LogP contribution in [0.25, 0.3) is 11.1 Å². The summed E-state index contributed by atoms with van der Waals surface area (Å²) < 4.78 is 50.2. The third-order valence-corrected chi connectivity index (χ3v) is 8.53. The molecule has 0 aromatic heterocycles. The summed E-state index contributed by atoms with van der Waals surface area (Å²) in [6.07, 6.45) is 0.540. The molecule has 6 nitrogen and oxygen atoms in total. The zero-order valence-corrected chi connectivity index (χ0v) is 24.2. The monoisotopic (exact) mass is 584 g/mol. The third kappa shape index (κ3) is 6.05. The van der Waals surface area contributed by atoms with E-state index in [0.29, 0.717) is 51.6 Å². The van der Waals surface area contributed by atoms with Crippen LogP contribution in [0.5, 0.6) is 17.2 Å². The Morgan fingerprint density at radius 2 is 1.95 bits per heavy atom. The third-order valence-electron chi connectivity index (χ3n) is 7.75. The van der Waals surface area contributed by atoms with E-state index in [1.54, 1.807) is 18.2 Å². The van der Waals surface area contributed by atoms with Gasteiger partial charge in [0.05, 0.1) is 0 Å². The summed E-state index contributed by atoms with van der Waals surface area (Å²) >= 11 is 3.87. The molecule has 3 aromatic rings. The molecule has 0 amide bonds. The number of halogens is 2. The lowest BCUT2D eigenvalue weighted by Crippen LogP contribution is -2.35. The molecule has 9 heteroatoms. The van der Waals surface area contributed by atoms with E-state index in [9.17, 15) is 18.3 Å². The van der Waals surface area contributed by atoms with Crippen molar-refractivity contribution >= 4 is 33.8 Å². The largest absolute Gasteiger partial charge is 0.772 e. The molecule has 2 aliphatic heterocycles. The van der Waals surface area contributed by atoms with Crippen molar-refractivity contribution in [2.24, 2.45) is 5.92 Å². The van der Waals surface area contributed by atoms with E-state index in [1.807, 2.05) is 31.2 Å². The SMILES string of the molecule is CC1=C(c2ccc(Cl)cc2CS(=O)[O-])C(c2ccc(OC[C@H](C)N3CC[C@@H](C)C3)cc2)Oc2cc(F)c(O)cc21. The minimum atomic E-state index is -2.35. The normalized spacial score (nSPS) is 20.6. The van der Waals surface area contributed by atoms with Gasteiger partial charge in [0.15, 0.2) is 11.6 Å². The second-order valence-electron chi connectivity index (χ2n) is 10.7. The van der Waals surface area contributed by atoms with Crippen LogP contribution in [0.15, 0.2) is 54.6 Å². The molecule has 1 N–H and O–H groups in total. The number of hydrogen-bond donors (Lipinski definition) is 1. The van der Waals surface area contributed by atoms with E-state index in [-0.39, 0.29) is 5.75 Å². The standard InChI is InChI=1S/C31H33ClFNO5S/c1-18-10-11-34(15-18)19(2)16-38-24-7-4-21(5-8-24)31-30(25-9-6-23(32)12-22(25)17-40(36)37)20(3)26-13-28(35)27(33)14-29(26)39-31/h4-9,12-14,18-19,31,35H,10-11,15-17H2,1-3H3,(H,36,37)/p-1/t18-,19+,31?/m1/s1. The quantitative estimate of drug-likeness (QED) is 0.295. The highest BCUT2D eigenvalue weighted by Crippen LogP contribution is 2.49. The number of phenolic OH excluding ortho intramolecular Hbond substituents is 1. The summed E-state index contributed by atoms with van der Waals surface area (Å²) in [4.78, 5) is 2.45. The summed E-state index contributed by atoms with van der Waals surface area (Å²) in [7, 11) is 0. The van der Waals surface area contributed by atoms with Crippen LogP contribution in [-0.4, -0.2) is 44.5 Å². The predicted molar refractivity (Wildman–Crippen MR) is 155 cm³/mol. The van der Waals surface area contributed by atoms with Crippen molar-refractivity contribution < 1.29 is 27.7 Å². The maximum Gasteiger partial charge on any atom is 0.168 e. The van der Waals surface area contributed by atoms with E-state index in [1.165, 1.54) is 18.6 Å². The van der Waals surface area contributed by atoms with E-state index in [2.05, 4.69) is 18.7 Å². The highest BCUT2D eigenvalue weighted by atomic mass is 35.5. The first-order valence-corrected chi connectivity index (χ1v) is 14.9. The molecule has 212 valence electrons. The molecule has 3 aromatic carbocycles. The minimum Gasteiger partial charge on any atom is -0.772 e. The van der Waals surface area contributed by atoms with Crippen molar-refractivity contribution in [3.8, 4) is 17.2 Å². The predicted octanol–water partition coefficient (Wildman–Crippen LogP) is 6.74. The zero-order chi connectivity index (χ0) is 28.6. The fourth-order valence-corrected chi connectivity index (χ4v) is 6.23. The fourth-order valence-electron chi connectivity index (χ4n) is 5.54. The molecule has 0 radical (unpaired) electrons. The first-order chi connectivity index (χ1) is 19.1. The van der Waals surface area contributed by atoms with Gasteiger partial charge in [-0.05, 0) is 85.3 Å². The molecular weight excluding hydrogens is 553 g/mol. The van der Waals surface area contributed by atoms with Gasteiger partial charge in [0.1, 0.15) is 24.2 Å². The van der Waals surface area contributed by atoms with Crippen LogP contribution < -0.4 is 9.47 Å². The van der Waals surface area contributed by atoms with Gasteiger partial charge < -0.3 is 19.1 Å². The van der Waals surface area contributed by atoms with Gasteiger partial charge >= 0.3 is 0 Å². The van der Waals surface area contributed by atoms with Crippen molar-refractivity contribution in [2.45, 2.75) is 45.1 Å². The zero-order valence-electron chi connectivity index (χ0n) is 22.7. The lowest BCUT2D eigenvalue weighted by Gasteiger charge is -2.32. The van der Waals surface area contributed by atoms with Gasteiger partial charge in [-0.3, -0.25) is 9.11 Å². The van der Waals surface area contributed by atoms with Gasteiger partial charge in [-0.15, -0.1) is 0 Å². The first kappa shape index (κ1) is 28.6. The molecule has 0 spiro atoms. The fraction of sp³-hybridized carbons (Fsp3) is 0.355. The molecule has 4 atom stereocenters. The van der Waals surface area contributed by atoms with Gasteiger partial charge in [-0.25, -0.2) is 4.39 Å². The molecule has 1 saturated heterocycles. The summed E-state index contributed by atoms with van der Waals surface area (Å²) in [6, 6.07) is 15.5. The maximum absolute atomic E-state index is 14.3. The van der Waals surface area contributed by atoms with E-state index in [0.717, 1.165) is 30.0 Å². The summed E-state index contributed by atoms with van der Waals surface area (Å²) in [5, 5.41) is 10.5. The van der Waals surface area contributed by atoms with E-state index >= 15 is 0 Å².